The summed E-state index contributed by atoms with van der Waals surface area (Å²) in [6.45, 7) is 7.02. The third-order valence-electron chi connectivity index (χ3n) is 3.11. The van der Waals surface area contributed by atoms with Crippen LogP contribution >= 0.6 is 0 Å². The molecule has 5 heteroatoms. The van der Waals surface area contributed by atoms with Gasteiger partial charge in [-0.15, -0.1) is 5.10 Å². The number of aliphatic hydroxyl groups is 1. The molecular formula is C12H17N3O2. The first kappa shape index (κ1) is 11.9. The Hall–Kier alpha value is -1.62. The van der Waals surface area contributed by atoms with E-state index >= 15 is 0 Å². The van der Waals surface area contributed by atoms with Crippen LogP contribution in [0.25, 0.3) is 11.0 Å². The third-order valence-corrected chi connectivity index (χ3v) is 3.11. The van der Waals surface area contributed by atoms with E-state index in [1.54, 1.807) is 13.8 Å². The molecule has 2 aromatic rings. The largest absolute Gasteiger partial charge is 0.386 e. The average molecular weight is 235 g/mol. The number of fused-ring (bicyclic) bond motifs is 1. The van der Waals surface area contributed by atoms with Crippen LogP contribution in [-0.2, 0) is 0 Å². The molecule has 0 radical (unpaired) electrons. The van der Waals surface area contributed by atoms with Gasteiger partial charge in [0.1, 0.15) is 16.6 Å². The van der Waals surface area contributed by atoms with Crippen molar-refractivity contribution in [3.05, 3.63) is 24.3 Å². The smallest absolute Gasteiger partial charge is 0.160 e. The molecule has 0 atom stereocenters. The maximum absolute atomic E-state index is 10.0. The monoisotopic (exact) mass is 235 g/mol. The highest BCUT2D eigenvalue weighted by atomic mass is 16.7. The minimum absolute atomic E-state index is 0.763. The minimum Gasteiger partial charge on any atom is -0.386 e. The quantitative estimate of drug-likeness (QED) is 0.873. The van der Waals surface area contributed by atoms with E-state index in [-0.39, 0.29) is 0 Å². The topological polar surface area (TPSA) is 60.2 Å². The van der Waals surface area contributed by atoms with E-state index in [4.69, 9.17) is 4.84 Å². The van der Waals surface area contributed by atoms with E-state index in [1.807, 2.05) is 38.1 Å². The van der Waals surface area contributed by atoms with Gasteiger partial charge in [-0.1, -0.05) is 17.0 Å². The summed E-state index contributed by atoms with van der Waals surface area (Å²) in [5, 5.41) is 17.9. The lowest BCUT2D eigenvalue weighted by molar-refractivity contribution is -0.155. The predicted octanol–water partition coefficient (Wildman–Crippen LogP) is 1.41. The zero-order valence-corrected chi connectivity index (χ0v) is 10.5. The van der Waals surface area contributed by atoms with Gasteiger partial charge >= 0.3 is 0 Å². The lowest BCUT2D eigenvalue weighted by atomic mass is 9.90. The minimum atomic E-state index is -0.986. The molecule has 2 rings (SSSR count). The molecule has 0 bridgehead atoms. The van der Waals surface area contributed by atoms with Crippen LogP contribution in [0.4, 0.5) is 0 Å². The number of hydrogen-bond acceptors (Lipinski definition) is 4. The second-order valence-corrected chi connectivity index (χ2v) is 5.11. The van der Waals surface area contributed by atoms with Crippen LogP contribution in [-0.4, -0.2) is 31.5 Å². The van der Waals surface area contributed by atoms with Crippen molar-refractivity contribution in [2.24, 2.45) is 0 Å². The Labute approximate surface area is 100.0 Å². The van der Waals surface area contributed by atoms with Crippen molar-refractivity contribution in [1.82, 2.24) is 15.2 Å². The van der Waals surface area contributed by atoms with Crippen LogP contribution in [0.2, 0.25) is 0 Å². The summed E-state index contributed by atoms with van der Waals surface area (Å²) in [5.41, 5.74) is -0.215. The fourth-order valence-corrected chi connectivity index (χ4v) is 1.24. The Kier molecular flexibility index (Phi) is 2.58. The summed E-state index contributed by atoms with van der Waals surface area (Å²) in [7, 11) is 0. The van der Waals surface area contributed by atoms with Gasteiger partial charge in [-0.2, -0.15) is 0 Å². The highest BCUT2D eigenvalue weighted by molar-refractivity contribution is 5.73. The van der Waals surface area contributed by atoms with Gasteiger partial charge in [0.25, 0.3) is 0 Å². The molecule has 0 fully saturated rings. The van der Waals surface area contributed by atoms with E-state index < -0.39 is 11.2 Å². The van der Waals surface area contributed by atoms with Crippen LogP contribution < -0.4 is 4.84 Å². The third kappa shape index (κ3) is 2.10. The highest BCUT2D eigenvalue weighted by Gasteiger charge is 2.38. The van der Waals surface area contributed by atoms with E-state index in [0.717, 1.165) is 11.0 Å². The second kappa shape index (κ2) is 3.70. The van der Waals surface area contributed by atoms with Crippen LogP contribution in [0, 0.1) is 0 Å². The first-order valence-electron chi connectivity index (χ1n) is 5.53. The molecule has 17 heavy (non-hydrogen) atoms. The molecular weight excluding hydrogens is 218 g/mol. The molecule has 1 heterocycles. The SMILES string of the molecule is CC(C)(O)C(C)(C)On1nnc2ccccc21. The van der Waals surface area contributed by atoms with Crippen molar-refractivity contribution < 1.29 is 9.94 Å². The Morgan fingerprint density at radius 3 is 2.47 bits per heavy atom. The Bertz CT molecular complexity index is 526. The number of rotatable bonds is 3. The molecule has 0 saturated carbocycles. The summed E-state index contributed by atoms with van der Waals surface area (Å²) in [4.78, 5) is 7.07. The van der Waals surface area contributed by atoms with Crippen molar-refractivity contribution in [1.29, 1.82) is 0 Å². The van der Waals surface area contributed by atoms with Crippen molar-refractivity contribution in [2.75, 3.05) is 0 Å². The normalized spacial score (nSPS) is 13.0. The standard InChI is InChI=1S/C12H17N3O2/c1-11(2,16)12(3,4)17-15-10-8-6-5-7-9(10)13-14-15/h5-8,16H,1-4H3. The van der Waals surface area contributed by atoms with Gasteiger partial charge in [-0.05, 0) is 45.0 Å². The molecule has 1 aromatic carbocycles. The number of hydrogen-bond donors (Lipinski definition) is 1. The van der Waals surface area contributed by atoms with Crippen molar-refractivity contribution >= 4 is 11.0 Å². The van der Waals surface area contributed by atoms with Crippen LogP contribution in [0.1, 0.15) is 27.7 Å². The molecule has 5 nitrogen and oxygen atoms in total. The van der Waals surface area contributed by atoms with E-state index in [1.165, 1.54) is 4.85 Å². The second-order valence-electron chi connectivity index (χ2n) is 5.11. The zero-order valence-electron chi connectivity index (χ0n) is 10.5. The van der Waals surface area contributed by atoms with Gasteiger partial charge < -0.3 is 9.94 Å². The summed E-state index contributed by atoms with van der Waals surface area (Å²) >= 11 is 0. The Balaban J connectivity index is 2.37. The lowest BCUT2D eigenvalue weighted by Crippen LogP contribution is -2.52. The van der Waals surface area contributed by atoms with Crippen molar-refractivity contribution in [2.45, 2.75) is 38.9 Å². The summed E-state index contributed by atoms with van der Waals surface area (Å²) < 4.78 is 0. The van der Waals surface area contributed by atoms with Gasteiger partial charge in [-0.25, -0.2) is 0 Å². The molecule has 0 aliphatic heterocycles. The fourth-order valence-electron chi connectivity index (χ4n) is 1.24. The average Bonchev–Trinajstić information content (AvgIpc) is 2.60. The maximum atomic E-state index is 10.0. The van der Waals surface area contributed by atoms with Gasteiger partial charge in [0, 0.05) is 0 Å². The molecule has 0 saturated heterocycles. The van der Waals surface area contributed by atoms with Crippen LogP contribution in [0.3, 0.4) is 0 Å². The molecule has 0 unspecified atom stereocenters. The van der Waals surface area contributed by atoms with Gasteiger partial charge in [0.2, 0.25) is 0 Å². The first-order chi connectivity index (χ1) is 7.81. The van der Waals surface area contributed by atoms with E-state index in [0.29, 0.717) is 0 Å². The maximum Gasteiger partial charge on any atom is 0.160 e. The predicted molar refractivity (Wildman–Crippen MR) is 64.5 cm³/mol. The van der Waals surface area contributed by atoms with E-state index in [9.17, 15) is 5.11 Å². The van der Waals surface area contributed by atoms with Crippen molar-refractivity contribution in [3.63, 3.8) is 0 Å². The van der Waals surface area contributed by atoms with Gasteiger partial charge in [-0.3, -0.25) is 0 Å². The molecule has 1 N–H and O–H groups in total. The molecule has 1 aromatic heterocycles. The summed E-state index contributed by atoms with van der Waals surface area (Å²) in [6.07, 6.45) is 0. The van der Waals surface area contributed by atoms with Gasteiger partial charge in [0.15, 0.2) is 5.60 Å². The van der Waals surface area contributed by atoms with E-state index in [2.05, 4.69) is 10.3 Å². The summed E-state index contributed by atoms with van der Waals surface area (Å²) in [5.74, 6) is 0. The number of para-hydroxylation sites is 1. The molecule has 0 aliphatic rings. The zero-order chi connectivity index (χ0) is 12.7. The Morgan fingerprint density at radius 1 is 1.18 bits per heavy atom. The fraction of sp³-hybridized carbons (Fsp3) is 0.500. The molecule has 0 aliphatic carbocycles. The molecule has 0 amide bonds. The number of benzene rings is 1. The molecule has 0 spiro atoms. The highest BCUT2D eigenvalue weighted by Crippen LogP contribution is 2.23. The van der Waals surface area contributed by atoms with Gasteiger partial charge in [0.05, 0.1) is 0 Å². The number of nitrogens with zero attached hydrogens (tertiary/aromatic N) is 3. The van der Waals surface area contributed by atoms with Crippen molar-refractivity contribution in [3.8, 4) is 0 Å². The summed E-state index contributed by atoms with van der Waals surface area (Å²) in [6, 6.07) is 7.51. The Morgan fingerprint density at radius 2 is 1.82 bits per heavy atom. The first-order valence-corrected chi connectivity index (χ1v) is 5.53. The van der Waals surface area contributed by atoms with Crippen LogP contribution in [0.5, 0.6) is 0 Å². The number of aromatic nitrogens is 3. The van der Waals surface area contributed by atoms with Crippen LogP contribution in [0.15, 0.2) is 24.3 Å². The lowest BCUT2D eigenvalue weighted by Gasteiger charge is -2.35. The molecule has 92 valence electrons.